The number of Topliss-reactive ketones (excluding diaryl/α,β-unsaturated/α-hetero) is 1. The summed E-state index contributed by atoms with van der Waals surface area (Å²) in [5, 5.41) is 31.7. The fourth-order valence-electron chi connectivity index (χ4n) is 4.98. The predicted octanol–water partition coefficient (Wildman–Crippen LogP) is 0.487. The van der Waals surface area contributed by atoms with Crippen molar-refractivity contribution in [2.75, 3.05) is 83.9 Å². The SMILES string of the molecule is CC(C)C(=O)c1ccnc2c(NC(=O)CN3CCN(CC(=O)O)CCN(CC(=O)O)CCN(CC(=O)O)CC3)cccc12. The van der Waals surface area contributed by atoms with E-state index in [0.29, 0.717) is 48.3 Å². The summed E-state index contributed by atoms with van der Waals surface area (Å²) >= 11 is 0. The van der Waals surface area contributed by atoms with E-state index >= 15 is 0 Å². The zero-order chi connectivity index (χ0) is 31.5. The van der Waals surface area contributed by atoms with E-state index in [0.717, 1.165) is 0 Å². The van der Waals surface area contributed by atoms with E-state index in [1.807, 2.05) is 18.7 Å². The number of aromatic nitrogens is 1. The third-order valence-corrected chi connectivity index (χ3v) is 7.21. The summed E-state index contributed by atoms with van der Waals surface area (Å²) < 4.78 is 0. The van der Waals surface area contributed by atoms with Crippen LogP contribution >= 0.6 is 0 Å². The highest BCUT2D eigenvalue weighted by atomic mass is 16.4. The Morgan fingerprint density at radius 2 is 1.16 bits per heavy atom. The molecule has 1 amide bonds. The molecule has 1 aliphatic heterocycles. The van der Waals surface area contributed by atoms with Crippen molar-refractivity contribution in [3.8, 4) is 0 Å². The van der Waals surface area contributed by atoms with E-state index in [9.17, 15) is 39.3 Å². The molecular weight excluding hydrogens is 560 g/mol. The van der Waals surface area contributed by atoms with E-state index in [-0.39, 0.29) is 70.0 Å². The monoisotopic (exact) mass is 600 g/mol. The molecule has 1 fully saturated rings. The van der Waals surface area contributed by atoms with Crippen LogP contribution in [0.2, 0.25) is 0 Å². The summed E-state index contributed by atoms with van der Waals surface area (Å²) in [6.45, 7) is 5.25. The predicted molar refractivity (Wildman–Crippen MR) is 158 cm³/mol. The van der Waals surface area contributed by atoms with Crippen molar-refractivity contribution in [3.05, 3.63) is 36.0 Å². The quantitative estimate of drug-likeness (QED) is 0.262. The second-order valence-electron chi connectivity index (χ2n) is 10.9. The number of aliphatic carboxylic acids is 3. The Morgan fingerprint density at radius 1 is 0.721 bits per heavy atom. The molecule has 2 aromatic rings. The molecule has 1 saturated heterocycles. The van der Waals surface area contributed by atoms with Crippen molar-refractivity contribution in [1.82, 2.24) is 24.6 Å². The van der Waals surface area contributed by atoms with Gasteiger partial charge in [0.2, 0.25) is 5.91 Å². The molecule has 0 atom stereocenters. The van der Waals surface area contributed by atoms with Crippen molar-refractivity contribution < 1.29 is 39.3 Å². The molecule has 4 N–H and O–H groups in total. The van der Waals surface area contributed by atoms with Crippen molar-refractivity contribution in [2.24, 2.45) is 5.92 Å². The van der Waals surface area contributed by atoms with Crippen LogP contribution < -0.4 is 5.32 Å². The lowest BCUT2D eigenvalue weighted by Crippen LogP contribution is -2.49. The average Bonchev–Trinajstić information content (AvgIpc) is 2.93. The maximum Gasteiger partial charge on any atom is 0.317 e. The Labute approximate surface area is 249 Å². The zero-order valence-electron chi connectivity index (χ0n) is 24.6. The molecule has 0 spiro atoms. The van der Waals surface area contributed by atoms with Gasteiger partial charge in [0.25, 0.3) is 0 Å². The molecule has 0 bridgehead atoms. The van der Waals surface area contributed by atoms with Gasteiger partial charge in [0.15, 0.2) is 5.78 Å². The van der Waals surface area contributed by atoms with E-state index in [4.69, 9.17) is 0 Å². The number of nitrogens with zero attached hydrogens (tertiary/aromatic N) is 5. The van der Waals surface area contributed by atoms with E-state index in [1.165, 1.54) is 6.20 Å². The van der Waals surface area contributed by atoms with Gasteiger partial charge in [-0.15, -0.1) is 0 Å². The number of rotatable bonds is 11. The summed E-state index contributed by atoms with van der Waals surface area (Å²) in [4.78, 5) is 71.7. The molecule has 14 nitrogen and oxygen atoms in total. The van der Waals surface area contributed by atoms with E-state index in [1.54, 1.807) is 39.0 Å². The van der Waals surface area contributed by atoms with Crippen LogP contribution in [0.3, 0.4) is 0 Å². The highest BCUT2D eigenvalue weighted by Crippen LogP contribution is 2.26. The van der Waals surface area contributed by atoms with E-state index < -0.39 is 17.9 Å². The number of pyridine rings is 1. The van der Waals surface area contributed by atoms with Gasteiger partial charge in [-0.05, 0) is 12.1 Å². The molecule has 0 aliphatic carbocycles. The van der Waals surface area contributed by atoms with Gasteiger partial charge < -0.3 is 20.6 Å². The molecule has 43 heavy (non-hydrogen) atoms. The summed E-state index contributed by atoms with van der Waals surface area (Å²) in [6, 6.07) is 6.91. The zero-order valence-corrected chi connectivity index (χ0v) is 24.6. The second-order valence-corrected chi connectivity index (χ2v) is 10.9. The largest absolute Gasteiger partial charge is 0.480 e. The molecule has 1 aromatic heterocycles. The lowest BCUT2D eigenvalue weighted by atomic mass is 9.97. The maximum atomic E-state index is 13.3. The molecule has 1 aromatic carbocycles. The minimum atomic E-state index is -1.03. The number of carboxylic acids is 3. The van der Waals surface area contributed by atoms with Crippen LogP contribution in [0.25, 0.3) is 10.9 Å². The molecule has 0 radical (unpaired) electrons. The topological polar surface area (TPSA) is 184 Å². The number of carbonyl (C=O) groups excluding carboxylic acids is 2. The van der Waals surface area contributed by atoms with Crippen molar-refractivity contribution in [1.29, 1.82) is 0 Å². The van der Waals surface area contributed by atoms with E-state index in [2.05, 4.69) is 10.3 Å². The smallest absolute Gasteiger partial charge is 0.317 e. The number of benzene rings is 1. The van der Waals surface area contributed by atoms with Crippen molar-refractivity contribution in [2.45, 2.75) is 13.8 Å². The fourth-order valence-corrected chi connectivity index (χ4v) is 4.98. The molecule has 234 valence electrons. The highest BCUT2D eigenvalue weighted by molar-refractivity contribution is 6.11. The average molecular weight is 601 g/mol. The Morgan fingerprint density at radius 3 is 1.58 bits per heavy atom. The summed E-state index contributed by atoms with van der Waals surface area (Å²) in [7, 11) is 0. The fraction of sp³-hybridized carbons (Fsp3) is 0.517. The number of hydrogen-bond acceptors (Lipinski definition) is 10. The number of carbonyl (C=O) groups is 5. The number of nitrogens with one attached hydrogen (secondary N) is 1. The molecule has 0 unspecified atom stereocenters. The van der Waals surface area contributed by atoms with Gasteiger partial charge in [0.05, 0.1) is 37.4 Å². The first-order valence-electron chi connectivity index (χ1n) is 14.2. The number of fused-ring (bicyclic) bond motifs is 1. The van der Waals surface area contributed by atoms with Crippen LogP contribution in [0.1, 0.15) is 24.2 Å². The van der Waals surface area contributed by atoms with Gasteiger partial charge in [-0.3, -0.25) is 48.6 Å². The number of ketones is 1. The normalized spacial score (nSPS) is 16.8. The van der Waals surface area contributed by atoms with Crippen LogP contribution in [-0.4, -0.2) is 148 Å². The number of anilines is 1. The Kier molecular flexibility index (Phi) is 12.5. The lowest BCUT2D eigenvalue weighted by Gasteiger charge is -2.32. The van der Waals surface area contributed by atoms with Gasteiger partial charge in [0, 0.05) is 75.4 Å². The first kappa shape index (κ1) is 33.5. The molecule has 14 heteroatoms. The van der Waals surface area contributed by atoms with Crippen molar-refractivity contribution >= 4 is 46.2 Å². The van der Waals surface area contributed by atoms with Crippen molar-refractivity contribution in [3.63, 3.8) is 0 Å². The molecular formula is C29H40N6O8. The minimum absolute atomic E-state index is 0.0295. The maximum absolute atomic E-state index is 13.3. The summed E-state index contributed by atoms with van der Waals surface area (Å²) in [6.07, 6.45) is 1.54. The molecule has 1 aliphatic rings. The highest BCUT2D eigenvalue weighted by Gasteiger charge is 2.22. The summed E-state index contributed by atoms with van der Waals surface area (Å²) in [5.41, 5.74) is 1.47. The van der Waals surface area contributed by atoms with Gasteiger partial charge in [0.1, 0.15) is 0 Å². The van der Waals surface area contributed by atoms with Crippen LogP contribution in [0.5, 0.6) is 0 Å². The number of carboxylic acid groups (broad SMARTS) is 3. The van der Waals surface area contributed by atoms with Crippen LogP contribution in [0, 0.1) is 5.92 Å². The van der Waals surface area contributed by atoms with Crippen LogP contribution in [-0.2, 0) is 19.2 Å². The van der Waals surface area contributed by atoms with Crippen LogP contribution in [0.4, 0.5) is 5.69 Å². The second kappa shape index (κ2) is 16.0. The first-order valence-corrected chi connectivity index (χ1v) is 14.2. The minimum Gasteiger partial charge on any atom is -0.480 e. The molecule has 3 rings (SSSR count). The Bertz CT molecular complexity index is 1290. The molecule has 0 saturated carbocycles. The van der Waals surface area contributed by atoms with Crippen LogP contribution in [0.15, 0.2) is 30.5 Å². The Balaban J connectivity index is 1.78. The third-order valence-electron chi connectivity index (χ3n) is 7.21. The third kappa shape index (κ3) is 10.7. The standard InChI is InChI=1S/C29H40N6O8/c1-20(2)29(43)22-6-7-30-28-21(22)4-3-5-23(28)31-24(36)16-32-8-10-33(17-25(37)38)12-14-35(19-27(41)42)15-13-34(11-9-32)18-26(39)40/h3-7,20H,8-19H2,1-2H3,(H,31,36)(H,37,38)(H,39,40)(H,41,42). The van der Waals surface area contributed by atoms with Gasteiger partial charge in [-0.25, -0.2) is 0 Å². The van der Waals surface area contributed by atoms with Gasteiger partial charge in [-0.1, -0.05) is 26.0 Å². The number of hydrogen-bond donors (Lipinski definition) is 4. The summed E-state index contributed by atoms with van der Waals surface area (Å²) in [5.74, 6) is -3.65. The number of amides is 1. The van der Waals surface area contributed by atoms with Gasteiger partial charge >= 0.3 is 17.9 Å². The Hall–Kier alpha value is -3.98. The first-order chi connectivity index (χ1) is 20.4. The molecule has 2 heterocycles. The van der Waals surface area contributed by atoms with Gasteiger partial charge in [-0.2, -0.15) is 0 Å². The lowest BCUT2D eigenvalue weighted by molar-refractivity contribution is -0.140. The number of para-hydroxylation sites is 1.